The lowest BCUT2D eigenvalue weighted by Gasteiger charge is -2.36. The fourth-order valence-electron chi connectivity index (χ4n) is 3.22. The van der Waals surface area contributed by atoms with Gasteiger partial charge in [-0.3, -0.25) is 9.88 Å². The number of aliphatic hydroxyl groups is 1. The van der Waals surface area contributed by atoms with E-state index in [9.17, 15) is 5.11 Å². The normalized spacial score (nSPS) is 16.2. The first-order valence-corrected chi connectivity index (χ1v) is 9.17. The molecular weight excluding hydrogens is 310 g/mol. The fourth-order valence-corrected chi connectivity index (χ4v) is 3.22. The van der Waals surface area contributed by atoms with Crippen LogP contribution in [0.1, 0.15) is 31.4 Å². The monoisotopic (exact) mass is 339 g/mol. The molecule has 4 nitrogen and oxygen atoms in total. The van der Waals surface area contributed by atoms with E-state index >= 15 is 0 Å². The van der Waals surface area contributed by atoms with Crippen LogP contribution in [0.15, 0.2) is 48.8 Å². The van der Waals surface area contributed by atoms with Crippen LogP contribution in [-0.4, -0.2) is 46.8 Å². The molecule has 0 radical (unpaired) electrons. The lowest BCUT2D eigenvalue weighted by molar-refractivity contribution is 0.0714. The highest BCUT2D eigenvalue weighted by Gasteiger charge is 2.17. The number of aromatic nitrogens is 1. The molecule has 25 heavy (non-hydrogen) atoms. The van der Waals surface area contributed by atoms with E-state index in [0.717, 1.165) is 45.6 Å². The summed E-state index contributed by atoms with van der Waals surface area (Å²) in [5.41, 5.74) is 3.29. The summed E-state index contributed by atoms with van der Waals surface area (Å²) < 4.78 is 0. The van der Waals surface area contributed by atoms with Crippen LogP contribution >= 0.6 is 0 Å². The Morgan fingerprint density at radius 3 is 2.28 bits per heavy atom. The summed E-state index contributed by atoms with van der Waals surface area (Å²) in [4.78, 5) is 9.13. The Hall–Kier alpha value is -1.91. The Bertz CT molecular complexity index is 641. The minimum Gasteiger partial charge on any atom is -0.390 e. The predicted octanol–water partition coefficient (Wildman–Crippen LogP) is 3.11. The molecule has 4 heteroatoms. The molecule has 0 amide bonds. The van der Waals surface area contributed by atoms with Gasteiger partial charge >= 0.3 is 0 Å². The minimum atomic E-state index is -0.591. The Morgan fingerprint density at radius 2 is 1.68 bits per heavy atom. The van der Waals surface area contributed by atoms with Gasteiger partial charge in [-0.2, -0.15) is 0 Å². The lowest BCUT2D eigenvalue weighted by atomic mass is 9.98. The average Bonchev–Trinajstić information content (AvgIpc) is 2.62. The standard InChI is InChI=1S/C21H29N3O/c1-21(2,25)10-9-18-5-7-19(8-6-18)17-23-12-14-24(15-13-23)20-4-3-11-22-16-20/h3-8,11,16,25H,9-10,12-15,17H2,1-2H3. The highest BCUT2D eigenvalue weighted by Crippen LogP contribution is 2.17. The first-order valence-electron chi connectivity index (χ1n) is 9.17. The summed E-state index contributed by atoms with van der Waals surface area (Å²) in [6.45, 7) is 9.00. The van der Waals surface area contributed by atoms with Crippen LogP contribution in [0.2, 0.25) is 0 Å². The van der Waals surface area contributed by atoms with Gasteiger partial charge in [0.15, 0.2) is 0 Å². The number of benzene rings is 1. The number of piperazine rings is 1. The van der Waals surface area contributed by atoms with Crippen molar-refractivity contribution in [3.05, 3.63) is 59.9 Å². The third-order valence-corrected chi connectivity index (χ3v) is 4.84. The van der Waals surface area contributed by atoms with E-state index in [4.69, 9.17) is 0 Å². The van der Waals surface area contributed by atoms with Gasteiger partial charge in [0.05, 0.1) is 17.5 Å². The number of hydrogen-bond acceptors (Lipinski definition) is 4. The number of anilines is 1. The van der Waals surface area contributed by atoms with Crippen LogP contribution in [0.25, 0.3) is 0 Å². The number of rotatable bonds is 6. The topological polar surface area (TPSA) is 39.6 Å². The van der Waals surface area contributed by atoms with Gasteiger partial charge in [-0.25, -0.2) is 0 Å². The van der Waals surface area contributed by atoms with E-state index in [1.165, 1.54) is 16.8 Å². The molecule has 0 unspecified atom stereocenters. The first kappa shape index (κ1) is 17.9. The van der Waals surface area contributed by atoms with E-state index in [1.807, 2.05) is 32.3 Å². The smallest absolute Gasteiger partial charge is 0.0594 e. The number of hydrogen-bond donors (Lipinski definition) is 1. The molecule has 0 atom stereocenters. The van der Waals surface area contributed by atoms with Gasteiger partial charge in [-0.1, -0.05) is 24.3 Å². The van der Waals surface area contributed by atoms with Crippen molar-refractivity contribution in [2.75, 3.05) is 31.1 Å². The highest BCUT2D eigenvalue weighted by molar-refractivity contribution is 5.44. The summed E-state index contributed by atoms with van der Waals surface area (Å²) in [5, 5.41) is 9.84. The highest BCUT2D eigenvalue weighted by atomic mass is 16.3. The maximum absolute atomic E-state index is 9.84. The number of pyridine rings is 1. The maximum atomic E-state index is 9.84. The predicted molar refractivity (Wildman–Crippen MR) is 103 cm³/mol. The zero-order valence-corrected chi connectivity index (χ0v) is 15.4. The van der Waals surface area contributed by atoms with Crippen molar-refractivity contribution in [2.45, 2.75) is 38.8 Å². The van der Waals surface area contributed by atoms with Gasteiger partial charge < -0.3 is 10.0 Å². The van der Waals surface area contributed by atoms with E-state index in [2.05, 4.69) is 45.1 Å². The molecule has 1 aromatic carbocycles. The Labute approximate surface area is 151 Å². The molecule has 1 fully saturated rings. The molecule has 0 bridgehead atoms. The van der Waals surface area contributed by atoms with Crippen molar-refractivity contribution in [3.63, 3.8) is 0 Å². The quantitative estimate of drug-likeness (QED) is 0.878. The third kappa shape index (κ3) is 5.55. The zero-order chi connectivity index (χ0) is 17.7. The zero-order valence-electron chi connectivity index (χ0n) is 15.4. The van der Waals surface area contributed by atoms with Crippen LogP contribution in [0.4, 0.5) is 5.69 Å². The maximum Gasteiger partial charge on any atom is 0.0594 e. The molecule has 1 saturated heterocycles. The molecule has 0 aliphatic carbocycles. The van der Waals surface area contributed by atoms with E-state index in [0.29, 0.717) is 0 Å². The second kappa shape index (κ2) is 7.98. The van der Waals surface area contributed by atoms with Crippen molar-refractivity contribution >= 4 is 5.69 Å². The van der Waals surface area contributed by atoms with Crippen molar-refractivity contribution in [3.8, 4) is 0 Å². The summed E-state index contributed by atoms with van der Waals surface area (Å²) in [6, 6.07) is 13.0. The van der Waals surface area contributed by atoms with Gasteiger partial charge in [0.1, 0.15) is 0 Å². The fraction of sp³-hybridized carbons (Fsp3) is 0.476. The molecule has 1 aliphatic heterocycles. The summed E-state index contributed by atoms with van der Waals surface area (Å²) in [7, 11) is 0. The van der Waals surface area contributed by atoms with Crippen molar-refractivity contribution < 1.29 is 5.11 Å². The lowest BCUT2D eigenvalue weighted by Crippen LogP contribution is -2.46. The van der Waals surface area contributed by atoms with Gasteiger partial charge in [-0.15, -0.1) is 0 Å². The van der Waals surface area contributed by atoms with Crippen LogP contribution in [-0.2, 0) is 13.0 Å². The number of nitrogens with zero attached hydrogens (tertiary/aromatic N) is 3. The Morgan fingerprint density at radius 1 is 1.00 bits per heavy atom. The third-order valence-electron chi connectivity index (χ3n) is 4.84. The summed E-state index contributed by atoms with van der Waals surface area (Å²) in [5.74, 6) is 0. The van der Waals surface area contributed by atoms with Crippen molar-refractivity contribution in [2.24, 2.45) is 0 Å². The SMILES string of the molecule is CC(C)(O)CCc1ccc(CN2CCN(c3cccnc3)CC2)cc1. The van der Waals surface area contributed by atoms with Crippen LogP contribution in [0.5, 0.6) is 0 Å². The molecule has 1 aromatic heterocycles. The van der Waals surface area contributed by atoms with E-state index in [1.54, 1.807) is 0 Å². The van der Waals surface area contributed by atoms with Gasteiger partial charge in [0.2, 0.25) is 0 Å². The molecule has 3 rings (SSSR count). The molecule has 0 saturated carbocycles. The summed E-state index contributed by atoms with van der Waals surface area (Å²) >= 11 is 0. The van der Waals surface area contributed by atoms with Crippen LogP contribution < -0.4 is 4.90 Å². The molecule has 134 valence electrons. The molecule has 2 heterocycles. The second-order valence-corrected chi connectivity index (χ2v) is 7.60. The van der Waals surface area contributed by atoms with E-state index < -0.39 is 5.60 Å². The second-order valence-electron chi connectivity index (χ2n) is 7.60. The largest absolute Gasteiger partial charge is 0.390 e. The summed E-state index contributed by atoms with van der Waals surface area (Å²) in [6.07, 6.45) is 5.49. The Balaban J connectivity index is 1.47. The van der Waals surface area contributed by atoms with Crippen LogP contribution in [0.3, 0.4) is 0 Å². The minimum absolute atomic E-state index is 0.591. The molecule has 1 aliphatic rings. The van der Waals surface area contributed by atoms with Gasteiger partial charge in [-0.05, 0) is 49.9 Å². The van der Waals surface area contributed by atoms with Gasteiger partial charge in [0, 0.05) is 38.9 Å². The van der Waals surface area contributed by atoms with Crippen molar-refractivity contribution in [1.82, 2.24) is 9.88 Å². The van der Waals surface area contributed by atoms with Gasteiger partial charge in [0.25, 0.3) is 0 Å². The molecule has 0 spiro atoms. The van der Waals surface area contributed by atoms with E-state index in [-0.39, 0.29) is 0 Å². The molecule has 1 N–H and O–H groups in total. The Kier molecular flexibility index (Phi) is 5.71. The molecule has 2 aromatic rings. The average molecular weight is 339 g/mol. The van der Waals surface area contributed by atoms with Crippen molar-refractivity contribution in [1.29, 1.82) is 0 Å². The van der Waals surface area contributed by atoms with Crippen LogP contribution in [0, 0.1) is 0 Å². The number of aryl methyl sites for hydroxylation is 1. The molecular formula is C21H29N3O. The first-order chi connectivity index (χ1) is 12.0.